The standard InChI is InChI=1S/C31H30Cl2N4.C2H4/c1-5-7-21-8-6-9-22(16-21)26-18-30(34-2)37(4)28-15-12-24(17-27(26)28)31(33,29-19-35-20-36(29)3)23-10-13-25(32)14-11-23;1-2/h6,8-20H,5,7H2,1-4H3;1-2H2. The van der Waals surface area contributed by atoms with E-state index in [1.165, 1.54) is 11.1 Å². The molecule has 1 unspecified atom stereocenters. The van der Waals surface area contributed by atoms with Gasteiger partial charge in [-0.25, -0.2) is 4.98 Å². The Morgan fingerprint density at radius 2 is 1.67 bits per heavy atom. The van der Waals surface area contributed by atoms with Gasteiger partial charge >= 0.3 is 0 Å². The van der Waals surface area contributed by atoms with Gasteiger partial charge in [-0.3, -0.25) is 4.99 Å². The molecule has 5 rings (SSSR count). The normalized spacial score (nSPS) is 13.1. The molecule has 1 atom stereocenters. The first-order chi connectivity index (χ1) is 18.9. The van der Waals surface area contributed by atoms with E-state index in [9.17, 15) is 0 Å². The third kappa shape index (κ3) is 5.32. The van der Waals surface area contributed by atoms with Gasteiger partial charge in [-0.05, 0) is 64.6 Å². The monoisotopic (exact) mass is 556 g/mol. The predicted octanol–water partition coefficient (Wildman–Crippen LogP) is 8.05. The Morgan fingerprint density at radius 1 is 0.949 bits per heavy atom. The number of hydrogen-bond acceptors (Lipinski definition) is 2. The summed E-state index contributed by atoms with van der Waals surface area (Å²) in [5, 5.41) is 1.78. The van der Waals surface area contributed by atoms with Gasteiger partial charge in [0.25, 0.3) is 0 Å². The molecule has 0 N–H and O–H groups in total. The number of alkyl halides is 1. The van der Waals surface area contributed by atoms with Crippen molar-refractivity contribution in [1.29, 1.82) is 0 Å². The van der Waals surface area contributed by atoms with E-state index in [1.807, 2.05) is 49.1 Å². The molecule has 2 heterocycles. The van der Waals surface area contributed by atoms with Gasteiger partial charge in [0.2, 0.25) is 0 Å². The minimum absolute atomic E-state index is 0.670. The van der Waals surface area contributed by atoms with E-state index < -0.39 is 4.87 Å². The summed E-state index contributed by atoms with van der Waals surface area (Å²) in [7, 11) is 5.85. The average molecular weight is 558 g/mol. The van der Waals surface area contributed by atoms with Crippen LogP contribution in [0.4, 0.5) is 0 Å². The largest absolute Gasteiger partial charge is 0.336 e. The van der Waals surface area contributed by atoms with Crippen molar-refractivity contribution in [2.45, 2.75) is 24.6 Å². The molecule has 0 radical (unpaired) electrons. The smallest absolute Gasteiger partial charge is 0.136 e. The highest BCUT2D eigenvalue weighted by atomic mass is 35.5. The second-order valence-electron chi connectivity index (χ2n) is 9.44. The molecular formula is C33H34Cl2N4. The van der Waals surface area contributed by atoms with Crippen molar-refractivity contribution in [3.8, 4) is 11.1 Å². The van der Waals surface area contributed by atoms with Crippen molar-refractivity contribution in [2.24, 2.45) is 19.1 Å². The van der Waals surface area contributed by atoms with E-state index >= 15 is 0 Å². The lowest BCUT2D eigenvalue weighted by atomic mass is 9.86. The second-order valence-corrected chi connectivity index (χ2v) is 10.4. The van der Waals surface area contributed by atoms with Crippen LogP contribution in [0.2, 0.25) is 5.02 Å². The van der Waals surface area contributed by atoms with Crippen LogP contribution in [0.1, 0.15) is 35.7 Å². The topological polar surface area (TPSA) is 35.1 Å². The van der Waals surface area contributed by atoms with E-state index in [0.717, 1.165) is 51.6 Å². The molecule has 0 bridgehead atoms. The molecule has 4 nitrogen and oxygen atoms in total. The number of imidazole rings is 1. The van der Waals surface area contributed by atoms with Crippen molar-refractivity contribution < 1.29 is 0 Å². The Hall–Kier alpha value is -3.60. The summed E-state index contributed by atoms with van der Waals surface area (Å²) >= 11 is 13.9. The zero-order valence-corrected chi connectivity index (χ0v) is 24.5. The molecule has 2 aromatic heterocycles. The van der Waals surface area contributed by atoms with Crippen LogP contribution >= 0.6 is 23.2 Å². The lowest BCUT2D eigenvalue weighted by molar-refractivity contribution is 0.746. The highest BCUT2D eigenvalue weighted by Gasteiger charge is 2.37. The maximum atomic E-state index is 7.65. The number of hydrogen-bond donors (Lipinski definition) is 0. The van der Waals surface area contributed by atoms with Crippen molar-refractivity contribution in [3.05, 3.63) is 131 Å². The van der Waals surface area contributed by atoms with Crippen LogP contribution in [0, 0.1) is 0 Å². The molecule has 0 saturated carbocycles. The van der Waals surface area contributed by atoms with Crippen LogP contribution in [-0.4, -0.2) is 21.2 Å². The van der Waals surface area contributed by atoms with E-state index in [2.05, 4.69) is 90.2 Å². The van der Waals surface area contributed by atoms with Gasteiger partial charge in [0.15, 0.2) is 0 Å². The summed E-state index contributed by atoms with van der Waals surface area (Å²) in [6, 6.07) is 25.2. The summed E-state index contributed by atoms with van der Waals surface area (Å²) in [6.45, 7) is 8.21. The summed E-state index contributed by atoms with van der Waals surface area (Å²) in [4.78, 5) is 7.98. The molecular weight excluding hydrogens is 523 g/mol. The first kappa shape index (κ1) is 28.4. The fraction of sp³-hybridized carbons (Fsp3) is 0.212. The molecule has 0 amide bonds. The fourth-order valence-corrected chi connectivity index (χ4v) is 5.70. The summed E-state index contributed by atoms with van der Waals surface area (Å²) < 4.78 is 4.10. The number of fused-ring (bicyclic) bond motifs is 1. The third-order valence-corrected chi connectivity index (χ3v) is 7.96. The minimum Gasteiger partial charge on any atom is -0.336 e. The van der Waals surface area contributed by atoms with Gasteiger partial charge in [-0.1, -0.05) is 67.4 Å². The SMILES string of the molecule is C=C.CCCc1cccc(-c2cc(=NC)n(C)c3ccc(C(Cl)(c4ccc(Cl)cc4)c4cncn4C)cc23)c1. The predicted molar refractivity (Wildman–Crippen MR) is 165 cm³/mol. The van der Waals surface area contributed by atoms with E-state index in [1.54, 1.807) is 6.33 Å². The molecule has 0 saturated heterocycles. The van der Waals surface area contributed by atoms with Crippen LogP contribution in [-0.2, 0) is 25.4 Å². The van der Waals surface area contributed by atoms with Crippen molar-refractivity contribution in [2.75, 3.05) is 7.05 Å². The molecule has 0 fully saturated rings. The molecule has 3 aromatic carbocycles. The molecule has 0 aliphatic carbocycles. The van der Waals surface area contributed by atoms with Crippen LogP contribution in [0.3, 0.4) is 0 Å². The Balaban J connectivity index is 0.00000172. The maximum absolute atomic E-state index is 7.65. The Labute approximate surface area is 240 Å². The van der Waals surface area contributed by atoms with Crippen molar-refractivity contribution in [1.82, 2.24) is 14.1 Å². The molecule has 6 heteroatoms. The van der Waals surface area contributed by atoms with E-state index in [4.69, 9.17) is 23.2 Å². The molecule has 39 heavy (non-hydrogen) atoms. The number of nitrogens with zero attached hydrogens (tertiary/aromatic N) is 4. The Bertz CT molecular complexity index is 1660. The molecule has 0 aliphatic heterocycles. The lowest BCUT2D eigenvalue weighted by Gasteiger charge is -2.29. The lowest BCUT2D eigenvalue weighted by Crippen LogP contribution is -2.25. The second kappa shape index (κ2) is 12.1. The van der Waals surface area contributed by atoms with Gasteiger partial charge in [-0.15, -0.1) is 24.8 Å². The summed E-state index contributed by atoms with van der Waals surface area (Å²) in [6.07, 6.45) is 5.77. The van der Waals surface area contributed by atoms with Crippen LogP contribution in [0.15, 0.2) is 103 Å². The fourth-order valence-electron chi connectivity index (χ4n) is 5.15. The highest BCUT2D eigenvalue weighted by Crippen LogP contribution is 2.44. The summed E-state index contributed by atoms with van der Waals surface area (Å²) in [5.74, 6) is 0. The first-order valence-electron chi connectivity index (χ1n) is 12.9. The minimum atomic E-state index is -0.961. The van der Waals surface area contributed by atoms with Gasteiger partial charge < -0.3 is 9.13 Å². The number of pyridine rings is 1. The quantitative estimate of drug-likeness (QED) is 0.154. The molecule has 0 aliphatic rings. The van der Waals surface area contributed by atoms with Gasteiger partial charge in [0, 0.05) is 37.1 Å². The van der Waals surface area contributed by atoms with Gasteiger partial charge in [0.1, 0.15) is 10.4 Å². The average Bonchev–Trinajstić information content (AvgIpc) is 3.41. The number of benzene rings is 3. The number of rotatable bonds is 6. The zero-order valence-electron chi connectivity index (χ0n) is 23.0. The molecule has 0 spiro atoms. The number of aryl methyl sites for hydroxylation is 3. The molecule has 5 aromatic rings. The first-order valence-corrected chi connectivity index (χ1v) is 13.7. The third-order valence-electron chi connectivity index (χ3n) is 7.08. The van der Waals surface area contributed by atoms with Crippen molar-refractivity contribution >= 4 is 34.1 Å². The van der Waals surface area contributed by atoms with Crippen molar-refractivity contribution in [3.63, 3.8) is 0 Å². The van der Waals surface area contributed by atoms with E-state index in [-0.39, 0.29) is 0 Å². The Morgan fingerprint density at radius 3 is 2.31 bits per heavy atom. The van der Waals surface area contributed by atoms with Gasteiger partial charge in [-0.2, -0.15) is 0 Å². The number of aromatic nitrogens is 3. The Kier molecular flexibility index (Phi) is 8.79. The molecule has 200 valence electrons. The van der Waals surface area contributed by atoms with E-state index in [0.29, 0.717) is 5.02 Å². The van der Waals surface area contributed by atoms with Crippen LogP contribution < -0.4 is 5.49 Å². The van der Waals surface area contributed by atoms with Crippen LogP contribution in [0.5, 0.6) is 0 Å². The zero-order chi connectivity index (χ0) is 28.2. The maximum Gasteiger partial charge on any atom is 0.136 e. The van der Waals surface area contributed by atoms with Crippen LogP contribution in [0.25, 0.3) is 22.0 Å². The highest BCUT2D eigenvalue weighted by molar-refractivity contribution is 6.31. The summed E-state index contributed by atoms with van der Waals surface area (Å²) in [5.41, 5.74) is 8.40. The number of halogens is 2. The van der Waals surface area contributed by atoms with Gasteiger partial charge in [0.05, 0.1) is 18.2 Å².